The molecule has 0 bridgehead atoms. The standard InChI is InChI=1S/C24H22FN3O3S/c1-30-24(29)21-14-20(9-6-18(21)5-2-17-3-7-19(25)8-4-17)31-22(23-27-11-13-32-23)15-28-12-10-26-16-28/h3-4,6-14,16,22H,2,5,15H2,1H3. The summed E-state index contributed by atoms with van der Waals surface area (Å²) in [6.45, 7) is 0.535. The van der Waals surface area contributed by atoms with E-state index in [2.05, 4.69) is 9.97 Å². The van der Waals surface area contributed by atoms with Gasteiger partial charge in [0.1, 0.15) is 16.6 Å². The van der Waals surface area contributed by atoms with Crippen molar-refractivity contribution in [3.8, 4) is 5.75 Å². The Morgan fingerprint density at radius 3 is 2.69 bits per heavy atom. The number of benzene rings is 2. The van der Waals surface area contributed by atoms with Crippen molar-refractivity contribution in [1.29, 1.82) is 0 Å². The minimum atomic E-state index is -0.426. The van der Waals surface area contributed by atoms with E-state index in [9.17, 15) is 9.18 Å². The highest BCUT2D eigenvalue weighted by atomic mass is 32.1. The Morgan fingerprint density at radius 2 is 2.00 bits per heavy atom. The molecule has 4 rings (SSSR count). The van der Waals surface area contributed by atoms with Crippen LogP contribution in [0.25, 0.3) is 0 Å². The van der Waals surface area contributed by atoms with Gasteiger partial charge in [0.05, 0.1) is 25.5 Å². The molecule has 164 valence electrons. The van der Waals surface area contributed by atoms with Crippen LogP contribution >= 0.6 is 11.3 Å². The molecule has 0 radical (unpaired) electrons. The van der Waals surface area contributed by atoms with Crippen LogP contribution in [0.4, 0.5) is 4.39 Å². The van der Waals surface area contributed by atoms with Gasteiger partial charge in [-0.2, -0.15) is 0 Å². The largest absolute Gasteiger partial charge is 0.481 e. The van der Waals surface area contributed by atoms with Crippen LogP contribution in [0.1, 0.15) is 32.6 Å². The zero-order chi connectivity index (χ0) is 22.3. The number of methoxy groups -OCH3 is 1. The first-order valence-electron chi connectivity index (χ1n) is 10.1. The summed E-state index contributed by atoms with van der Waals surface area (Å²) in [4.78, 5) is 20.9. The molecule has 2 heterocycles. The topological polar surface area (TPSA) is 66.2 Å². The highest BCUT2D eigenvalue weighted by molar-refractivity contribution is 7.09. The maximum absolute atomic E-state index is 13.2. The van der Waals surface area contributed by atoms with E-state index in [1.54, 1.807) is 36.9 Å². The first-order chi connectivity index (χ1) is 15.6. The van der Waals surface area contributed by atoms with Gasteiger partial charge in [0.15, 0.2) is 6.10 Å². The van der Waals surface area contributed by atoms with Gasteiger partial charge in [-0.3, -0.25) is 0 Å². The number of esters is 1. The zero-order valence-corrected chi connectivity index (χ0v) is 18.3. The van der Waals surface area contributed by atoms with E-state index in [0.717, 1.165) is 16.1 Å². The number of ether oxygens (including phenoxy) is 2. The fraction of sp³-hybridized carbons (Fsp3) is 0.208. The lowest BCUT2D eigenvalue weighted by Gasteiger charge is -2.19. The molecule has 0 fully saturated rings. The summed E-state index contributed by atoms with van der Waals surface area (Å²) >= 11 is 1.51. The molecule has 6 nitrogen and oxygen atoms in total. The summed E-state index contributed by atoms with van der Waals surface area (Å²) < 4.78 is 26.3. The van der Waals surface area contributed by atoms with Crippen molar-refractivity contribution in [2.75, 3.05) is 7.11 Å². The summed E-state index contributed by atoms with van der Waals surface area (Å²) in [5.74, 6) is -0.141. The van der Waals surface area contributed by atoms with Crippen LogP contribution in [-0.2, 0) is 24.1 Å². The lowest BCUT2D eigenvalue weighted by molar-refractivity contribution is 0.0598. The summed E-state index contributed by atoms with van der Waals surface area (Å²) in [6, 6.07) is 11.8. The van der Waals surface area contributed by atoms with Crippen LogP contribution in [0.15, 0.2) is 72.8 Å². The molecular formula is C24H22FN3O3S. The fourth-order valence-corrected chi connectivity index (χ4v) is 4.04. The number of aryl methyl sites for hydroxylation is 2. The quantitative estimate of drug-likeness (QED) is 0.340. The molecule has 8 heteroatoms. The van der Waals surface area contributed by atoms with Gasteiger partial charge in [-0.15, -0.1) is 11.3 Å². The first-order valence-corrected chi connectivity index (χ1v) is 11.0. The van der Waals surface area contributed by atoms with E-state index in [4.69, 9.17) is 9.47 Å². The van der Waals surface area contributed by atoms with Gasteiger partial charge >= 0.3 is 5.97 Å². The molecule has 0 aliphatic carbocycles. The number of thiazole rings is 1. The van der Waals surface area contributed by atoms with Crippen LogP contribution in [0.2, 0.25) is 0 Å². The van der Waals surface area contributed by atoms with Crippen molar-refractivity contribution >= 4 is 17.3 Å². The third kappa shape index (κ3) is 5.39. The molecule has 32 heavy (non-hydrogen) atoms. The lowest BCUT2D eigenvalue weighted by Crippen LogP contribution is -2.15. The van der Waals surface area contributed by atoms with Crippen molar-refractivity contribution in [3.05, 3.63) is 100 Å². The second-order valence-corrected chi connectivity index (χ2v) is 8.10. The van der Waals surface area contributed by atoms with Crippen LogP contribution in [0.3, 0.4) is 0 Å². The van der Waals surface area contributed by atoms with Crippen molar-refractivity contribution in [3.63, 3.8) is 0 Å². The van der Waals surface area contributed by atoms with Gasteiger partial charge < -0.3 is 14.0 Å². The number of rotatable bonds is 9. The Hall–Kier alpha value is -3.52. The molecule has 2 aromatic carbocycles. The van der Waals surface area contributed by atoms with Gasteiger partial charge in [-0.25, -0.2) is 19.2 Å². The van der Waals surface area contributed by atoms with Gasteiger partial charge in [-0.05, 0) is 48.2 Å². The summed E-state index contributed by atoms with van der Waals surface area (Å²) in [5.41, 5.74) is 2.29. The number of halogens is 1. The van der Waals surface area contributed by atoms with Crippen LogP contribution in [-0.4, -0.2) is 27.6 Å². The Balaban J connectivity index is 1.55. The number of hydrogen-bond donors (Lipinski definition) is 0. The van der Waals surface area contributed by atoms with Gasteiger partial charge in [0, 0.05) is 24.0 Å². The third-order valence-corrected chi connectivity index (χ3v) is 5.89. The van der Waals surface area contributed by atoms with Gasteiger partial charge in [0.2, 0.25) is 0 Å². The molecule has 2 aromatic heterocycles. The Morgan fingerprint density at radius 1 is 1.16 bits per heavy atom. The third-order valence-electron chi connectivity index (χ3n) is 5.02. The van der Waals surface area contributed by atoms with Crippen molar-refractivity contribution in [2.45, 2.75) is 25.5 Å². The number of nitrogens with zero attached hydrogens (tertiary/aromatic N) is 3. The molecule has 1 unspecified atom stereocenters. The van der Waals surface area contributed by atoms with E-state index < -0.39 is 5.97 Å². The number of hydrogen-bond acceptors (Lipinski definition) is 6. The average molecular weight is 452 g/mol. The SMILES string of the molecule is COC(=O)c1cc(OC(Cn2ccnc2)c2nccs2)ccc1CCc1ccc(F)cc1. The molecule has 0 N–H and O–H groups in total. The van der Waals surface area contributed by atoms with Crippen molar-refractivity contribution in [2.24, 2.45) is 0 Å². The second-order valence-electron chi connectivity index (χ2n) is 7.17. The van der Waals surface area contributed by atoms with Gasteiger partial charge in [-0.1, -0.05) is 18.2 Å². The highest BCUT2D eigenvalue weighted by Gasteiger charge is 2.19. The molecule has 4 aromatic rings. The van der Waals surface area contributed by atoms with Gasteiger partial charge in [0.25, 0.3) is 0 Å². The van der Waals surface area contributed by atoms with Crippen molar-refractivity contribution < 1.29 is 18.7 Å². The van der Waals surface area contributed by atoms with Crippen LogP contribution in [0, 0.1) is 5.82 Å². The highest BCUT2D eigenvalue weighted by Crippen LogP contribution is 2.28. The smallest absolute Gasteiger partial charge is 0.338 e. The summed E-state index contributed by atoms with van der Waals surface area (Å²) in [5, 5.41) is 2.73. The maximum Gasteiger partial charge on any atom is 0.338 e. The molecule has 0 saturated heterocycles. The number of aromatic nitrogens is 3. The predicted octanol–water partition coefficient (Wildman–Crippen LogP) is 4.87. The number of carbonyl (C=O) groups excluding carboxylic acids is 1. The predicted molar refractivity (Wildman–Crippen MR) is 119 cm³/mol. The van der Waals surface area contributed by atoms with E-state index in [0.29, 0.717) is 30.7 Å². The van der Waals surface area contributed by atoms with E-state index in [1.807, 2.05) is 28.3 Å². The summed E-state index contributed by atoms with van der Waals surface area (Å²) in [7, 11) is 1.36. The molecule has 0 aliphatic rings. The zero-order valence-electron chi connectivity index (χ0n) is 17.5. The molecule has 0 saturated carbocycles. The fourth-order valence-electron chi connectivity index (χ4n) is 3.39. The van der Waals surface area contributed by atoms with Crippen molar-refractivity contribution in [1.82, 2.24) is 14.5 Å². The monoisotopic (exact) mass is 451 g/mol. The molecule has 0 spiro atoms. The van der Waals surface area contributed by atoms with Crippen LogP contribution in [0.5, 0.6) is 5.75 Å². The van der Waals surface area contributed by atoms with Crippen LogP contribution < -0.4 is 4.74 Å². The first kappa shape index (κ1) is 21.7. The summed E-state index contributed by atoms with van der Waals surface area (Å²) in [6.07, 6.45) is 7.99. The Labute approximate surface area is 189 Å². The Bertz CT molecular complexity index is 1150. The molecular weight excluding hydrogens is 429 g/mol. The molecule has 0 amide bonds. The lowest BCUT2D eigenvalue weighted by atomic mass is 9.99. The molecule has 0 aliphatic heterocycles. The minimum absolute atomic E-state index is 0.268. The average Bonchev–Trinajstić information content (AvgIpc) is 3.53. The minimum Gasteiger partial charge on any atom is -0.481 e. The second kappa shape index (κ2) is 10.2. The molecule has 1 atom stereocenters. The normalized spacial score (nSPS) is 11.8. The van der Waals surface area contributed by atoms with E-state index >= 15 is 0 Å². The Kier molecular flexibility index (Phi) is 6.91. The van der Waals surface area contributed by atoms with E-state index in [1.165, 1.54) is 30.6 Å². The number of carbonyl (C=O) groups is 1. The van der Waals surface area contributed by atoms with E-state index in [-0.39, 0.29) is 11.9 Å². The number of imidazole rings is 1. The maximum atomic E-state index is 13.2.